The average Bonchev–Trinajstić information content (AvgIpc) is 2.41. The summed E-state index contributed by atoms with van der Waals surface area (Å²) in [6, 6.07) is 13.6. The fraction of sp³-hybridized carbons (Fsp3) is 0.188. The number of rotatable bonds is 3. The molecule has 104 valence electrons. The summed E-state index contributed by atoms with van der Waals surface area (Å²) in [5, 5.41) is 3.03. The number of benzene rings is 2. The van der Waals surface area contributed by atoms with Gasteiger partial charge in [-0.3, -0.25) is 4.79 Å². The van der Waals surface area contributed by atoms with E-state index < -0.39 is 0 Å². The predicted octanol–water partition coefficient (Wildman–Crippen LogP) is 5.01. The first kappa shape index (κ1) is 15.3. The molecule has 0 aliphatic heterocycles. The minimum atomic E-state index is -0.0890. The van der Waals surface area contributed by atoms with Crippen LogP contribution in [0, 0.1) is 6.92 Å². The zero-order chi connectivity index (χ0) is 14.7. The molecule has 20 heavy (non-hydrogen) atoms. The van der Waals surface area contributed by atoms with Crippen LogP contribution < -0.4 is 5.32 Å². The van der Waals surface area contributed by atoms with Crippen molar-refractivity contribution in [3.8, 4) is 0 Å². The van der Waals surface area contributed by atoms with Crippen molar-refractivity contribution >= 4 is 37.8 Å². The van der Waals surface area contributed by atoms with Crippen LogP contribution in [0.3, 0.4) is 0 Å². The molecule has 0 bridgehead atoms. The number of nitrogens with one attached hydrogen (secondary N) is 1. The van der Waals surface area contributed by atoms with E-state index in [2.05, 4.69) is 37.2 Å². The van der Waals surface area contributed by atoms with E-state index in [0.717, 1.165) is 14.5 Å². The van der Waals surface area contributed by atoms with Crippen LogP contribution in [0.4, 0.5) is 0 Å². The highest BCUT2D eigenvalue weighted by atomic mass is 79.9. The van der Waals surface area contributed by atoms with E-state index in [0.29, 0.717) is 5.56 Å². The molecule has 0 aliphatic carbocycles. The van der Waals surface area contributed by atoms with Gasteiger partial charge >= 0.3 is 0 Å². The first-order valence-electron chi connectivity index (χ1n) is 6.30. The van der Waals surface area contributed by atoms with Crippen molar-refractivity contribution in [1.29, 1.82) is 0 Å². The SMILES string of the molecule is Cc1ccccc1C(C)NC(=O)c1cc(Br)ccc1Br. The summed E-state index contributed by atoms with van der Waals surface area (Å²) in [5.74, 6) is -0.0890. The van der Waals surface area contributed by atoms with Crippen molar-refractivity contribution in [2.75, 3.05) is 0 Å². The van der Waals surface area contributed by atoms with Crippen molar-refractivity contribution in [2.45, 2.75) is 19.9 Å². The molecule has 1 atom stereocenters. The summed E-state index contributed by atoms with van der Waals surface area (Å²) in [6.07, 6.45) is 0. The average molecular weight is 397 g/mol. The number of halogens is 2. The molecule has 0 aliphatic rings. The summed E-state index contributed by atoms with van der Waals surface area (Å²) < 4.78 is 1.67. The lowest BCUT2D eigenvalue weighted by Gasteiger charge is -2.17. The molecule has 0 fully saturated rings. The minimum absolute atomic E-state index is 0.0328. The van der Waals surface area contributed by atoms with Crippen LogP contribution in [-0.2, 0) is 0 Å². The Balaban J connectivity index is 2.20. The standard InChI is InChI=1S/C16H15Br2NO/c1-10-5-3-4-6-13(10)11(2)19-16(20)14-9-12(17)7-8-15(14)18/h3-9,11H,1-2H3,(H,19,20). The molecule has 1 N–H and O–H groups in total. The smallest absolute Gasteiger partial charge is 0.252 e. The van der Waals surface area contributed by atoms with Crippen LogP contribution in [-0.4, -0.2) is 5.91 Å². The second kappa shape index (κ2) is 6.55. The van der Waals surface area contributed by atoms with Gasteiger partial charge in [-0.25, -0.2) is 0 Å². The van der Waals surface area contributed by atoms with Gasteiger partial charge in [0.2, 0.25) is 0 Å². The summed E-state index contributed by atoms with van der Waals surface area (Å²) in [6.45, 7) is 4.04. The van der Waals surface area contributed by atoms with Gasteiger partial charge in [-0.2, -0.15) is 0 Å². The summed E-state index contributed by atoms with van der Waals surface area (Å²) in [7, 11) is 0. The number of carbonyl (C=O) groups excluding carboxylic acids is 1. The van der Waals surface area contributed by atoms with E-state index in [1.807, 2.05) is 56.3 Å². The molecule has 4 heteroatoms. The molecule has 1 unspecified atom stereocenters. The Morgan fingerprint density at radius 1 is 1.15 bits per heavy atom. The number of carbonyl (C=O) groups is 1. The first-order chi connectivity index (χ1) is 9.49. The van der Waals surface area contributed by atoms with E-state index in [4.69, 9.17) is 0 Å². The summed E-state index contributed by atoms with van der Waals surface area (Å²) in [5.41, 5.74) is 2.93. The third-order valence-corrected chi connectivity index (χ3v) is 4.36. The highest BCUT2D eigenvalue weighted by Crippen LogP contribution is 2.23. The number of hydrogen-bond acceptors (Lipinski definition) is 1. The van der Waals surface area contributed by atoms with E-state index in [1.165, 1.54) is 5.56 Å². The molecule has 0 radical (unpaired) electrons. The van der Waals surface area contributed by atoms with Crippen LogP contribution in [0.5, 0.6) is 0 Å². The molecular formula is C16H15Br2NO. The molecule has 0 spiro atoms. The maximum atomic E-state index is 12.4. The molecule has 0 heterocycles. The predicted molar refractivity (Wildman–Crippen MR) is 88.9 cm³/mol. The first-order valence-corrected chi connectivity index (χ1v) is 7.89. The van der Waals surface area contributed by atoms with E-state index >= 15 is 0 Å². The lowest BCUT2D eigenvalue weighted by atomic mass is 10.0. The Morgan fingerprint density at radius 3 is 2.55 bits per heavy atom. The molecule has 2 nitrogen and oxygen atoms in total. The van der Waals surface area contributed by atoms with Gasteiger partial charge in [0.05, 0.1) is 11.6 Å². The molecule has 2 rings (SSSR count). The van der Waals surface area contributed by atoms with E-state index in [9.17, 15) is 4.79 Å². The molecule has 1 amide bonds. The quantitative estimate of drug-likeness (QED) is 0.775. The lowest BCUT2D eigenvalue weighted by molar-refractivity contribution is 0.0939. The number of amides is 1. The maximum absolute atomic E-state index is 12.4. The van der Waals surface area contributed by atoms with Crippen molar-refractivity contribution in [2.24, 2.45) is 0 Å². The highest BCUT2D eigenvalue weighted by molar-refractivity contribution is 9.11. The minimum Gasteiger partial charge on any atom is -0.345 e. The van der Waals surface area contributed by atoms with Crippen LogP contribution in [0.2, 0.25) is 0 Å². The van der Waals surface area contributed by atoms with E-state index in [-0.39, 0.29) is 11.9 Å². The van der Waals surface area contributed by atoms with Gasteiger partial charge in [-0.05, 0) is 59.1 Å². The van der Waals surface area contributed by atoms with E-state index in [1.54, 1.807) is 0 Å². The molecule has 0 saturated heterocycles. The fourth-order valence-corrected chi connectivity index (χ4v) is 2.88. The zero-order valence-corrected chi connectivity index (χ0v) is 14.5. The monoisotopic (exact) mass is 395 g/mol. The number of hydrogen-bond donors (Lipinski definition) is 1. The third-order valence-electron chi connectivity index (χ3n) is 3.18. The van der Waals surface area contributed by atoms with Gasteiger partial charge in [0.25, 0.3) is 5.91 Å². The fourth-order valence-electron chi connectivity index (χ4n) is 2.10. The Morgan fingerprint density at radius 2 is 1.85 bits per heavy atom. The van der Waals surface area contributed by atoms with Crippen LogP contribution >= 0.6 is 31.9 Å². The van der Waals surface area contributed by atoms with Crippen LogP contribution in [0.25, 0.3) is 0 Å². The van der Waals surface area contributed by atoms with Gasteiger partial charge in [0, 0.05) is 8.95 Å². The molecular weight excluding hydrogens is 382 g/mol. The Hall–Kier alpha value is -1.13. The Kier molecular flexibility index (Phi) is 5.00. The van der Waals surface area contributed by atoms with Gasteiger partial charge in [0.1, 0.15) is 0 Å². The third kappa shape index (κ3) is 3.49. The van der Waals surface area contributed by atoms with Crippen molar-refractivity contribution < 1.29 is 4.79 Å². The molecule has 2 aromatic carbocycles. The molecule has 0 saturated carbocycles. The second-order valence-corrected chi connectivity index (χ2v) is 6.45. The largest absolute Gasteiger partial charge is 0.345 e. The summed E-state index contributed by atoms with van der Waals surface area (Å²) in [4.78, 5) is 12.4. The van der Waals surface area contributed by atoms with Crippen LogP contribution in [0.15, 0.2) is 51.4 Å². The lowest BCUT2D eigenvalue weighted by Crippen LogP contribution is -2.27. The topological polar surface area (TPSA) is 29.1 Å². The number of aryl methyl sites for hydroxylation is 1. The van der Waals surface area contributed by atoms with Gasteiger partial charge in [0.15, 0.2) is 0 Å². The van der Waals surface area contributed by atoms with Crippen molar-refractivity contribution in [3.05, 3.63) is 68.1 Å². The Bertz CT molecular complexity index is 640. The highest BCUT2D eigenvalue weighted by Gasteiger charge is 2.15. The normalized spacial score (nSPS) is 12.0. The zero-order valence-electron chi connectivity index (χ0n) is 11.3. The molecule has 0 aromatic heterocycles. The van der Waals surface area contributed by atoms with Gasteiger partial charge in [-0.1, -0.05) is 40.2 Å². The van der Waals surface area contributed by atoms with Gasteiger partial charge < -0.3 is 5.32 Å². The molecule has 2 aromatic rings. The maximum Gasteiger partial charge on any atom is 0.252 e. The Labute approximate surface area is 135 Å². The second-order valence-electron chi connectivity index (χ2n) is 4.68. The van der Waals surface area contributed by atoms with Crippen molar-refractivity contribution in [1.82, 2.24) is 5.32 Å². The summed E-state index contributed by atoms with van der Waals surface area (Å²) >= 11 is 6.80. The van der Waals surface area contributed by atoms with Crippen molar-refractivity contribution in [3.63, 3.8) is 0 Å². The van der Waals surface area contributed by atoms with Gasteiger partial charge in [-0.15, -0.1) is 0 Å². The van der Waals surface area contributed by atoms with Crippen LogP contribution in [0.1, 0.15) is 34.5 Å².